The van der Waals surface area contributed by atoms with Crippen LogP contribution in [-0.2, 0) is 0 Å². The number of urea groups is 1. The second-order valence-corrected chi connectivity index (χ2v) is 3.32. The number of amides is 2. The van der Waals surface area contributed by atoms with Crippen LogP contribution < -0.4 is 58.2 Å². The maximum Gasteiger partial charge on any atom is 1.00 e. The molecule has 0 spiro atoms. The summed E-state index contributed by atoms with van der Waals surface area (Å²) in [6.07, 6.45) is 1.25. The Morgan fingerprint density at radius 1 is 1.24 bits per heavy atom. The first-order chi connectivity index (χ1) is 7.45. The second-order valence-electron chi connectivity index (χ2n) is 3.32. The van der Waals surface area contributed by atoms with Gasteiger partial charge in [0.05, 0.1) is 0 Å². The van der Waals surface area contributed by atoms with E-state index in [-0.39, 0.29) is 64.2 Å². The summed E-state index contributed by atoms with van der Waals surface area (Å²) in [5.74, 6) is 0. The van der Waals surface area contributed by atoms with Gasteiger partial charge in [0, 0.05) is 0 Å². The first kappa shape index (κ1) is 22.7. The molecule has 1 aliphatic rings. The largest absolute Gasteiger partial charge is 1.00 e. The summed E-state index contributed by atoms with van der Waals surface area (Å²) < 4.78 is 0. The zero-order valence-corrected chi connectivity index (χ0v) is 17.6. The van der Waals surface area contributed by atoms with E-state index in [0.29, 0.717) is 5.70 Å². The van der Waals surface area contributed by atoms with Gasteiger partial charge < -0.3 is 10.2 Å². The van der Waals surface area contributed by atoms with Gasteiger partial charge in [-0.25, -0.2) is 0 Å². The Morgan fingerprint density at radius 3 is 1.94 bits per heavy atom. The molecule has 0 radical (unpaired) electrons. The molecule has 0 N–H and O–H groups in total. The van der Waals surface area contributed by atoms with Crippen molar-refractivity contribution in [1.82, 2.24) is 4.90 Å². The van der Waals surface area contributed by atoms with Crippen LogP contribution in [0.1, 0.15) is 48.0 Å². The number of hydrogen-bond acceptors (Lipinski definition) is 1. The van der Waals surface area contributed by atoms with Gasteiger partial charge >= 0.3 is 58.2 Å². The summed E-state index contributed by atoms with van der Waals surface area (Å²) in [6.45, 7) is 15.7. The predicted octanol–water partition coefficient (Wildman–Crippen LogP) is 1.68. The number of hydrogen-bond donors (Lipinski definition) is 0. The molecule has 17 heavy (non-hydrogen) atoms. The van der Waals surface area contributed by atoms with E-state index in [2.05, 4.69) is 25.7 Å². The SMILES string of the molecule is C=C1[N-]C(=O)N(C)C(C)=C1C.CC.CCC.[Rb+]. The molecule has 1 heterocycles. The normalized spacial score (nSPS) is 13.7. The molecule has 0 fully saturated rings. The van der Waals surface area contributed by atoms with Gasteiger partial charge in [0.25, 0.3) is 0 Å². The molecular formula is C13H25N2ORb. The van der Waals surface area contributed by atoms with Crippen LogP contribution in [0.5, 0.6) is 0 Å². The summed E-state index contributed by atoms with van der Waals surface area (Å²) in [6, 6.07) is -0.238. The first-order valence-corrected chi connectivity index (χ1v) is 5.81. The zero-order valence-electron chi connectivity index (χ0n) is 12.7. The molecule has 0 bridgehead atoms. The van der Waals surface area contributed by atoms with Crippen molar-refractivity contribution in [2.24, 2.45) is 0 Å². The second kappa shape index (κ2) is 13.0. The third kappa shape index (κ3) is 8.30. The molecular weight excluding hydrogens is 286 g/mol. The number of rotatable bonds is 0. The molecule has 0 saturated heterocycles. The Bertz CT molecular complexity index is 273. The van der Waals surface area contributed by atoms with E-state index in [1.165, 1.54) is 11.3 Å². The number of carbonyl (C=O) groups is 1. The van der Waals surface area contributed by atoms with E-state index in [1.54, 1.807) is 7.05 Å². The maximum atomic E-state index is 11.0. The Labute approximate surface area is 156 Å². The summed E-state index contributed by atoms with van der Waals surface area (Å²) in [7, 11) is 1.71. The van der Waals surface area contributed by atoms with Crippen molar-refractivity contribution in [3.8, 4) is 0 Å². The average Bonchev–Trinajstić information content (AvgIpc) is 2.28. The van der Waals surface area contributed by atoms with E-state index in [0.717, 1.165) is 11.3 Å². The van der Waals surface area contributed by atoms with Gasteiger partial charge in [0.2, 0.25) is 0 Å². The molecule has 0 atom stereocenters. The Balaban J connectivity index is -0.000000286. The minimum atomic E-state index is -0.238. The quantitative estimate of drug-likeness (QED) is 0.670. The molecule has 0 saturated carbocycles. The van der Waals surface area contributed by atoms with Gasteiger partial charge in [-0.15, -0.1) is 0 Å². The third-order valence-electron chi connectivity index (χ3n) is 2.00. The summed E-state index contributed by atoms with van der Waals surface area (Å²) in [4.78, 5) is 12.5. The van der Waals surface area contributed by atoms with Gasteiger partial charge in [-0.3, -0.25) is 4.79 Å². The first-order valence-electron chi connectivity index (χ1n) is 5.81. The van der Waals surface area contributed by atoms with Crippen molar-refractivity contribution in [3.63, 3.8) is 0 Å². The number of nitrogens with zero attached hydrogens (tertiary/aromatic N) is 2. The monoisotopic (exact) mass is 310 g/mol. The minimum absolute atomic E-state index is 0. The Kier molecular flexibility index (Phi) is 17.4. The fraction of sp³-hybridized carbons (Fsp3) is 0.615. The Morgan fingerprint density at radius 2 is 1.59 bits per heavy atom. The van der Waals surface area contributed by atoms with E-state index in [9.17, 15) is 4.79 Å². The summed E-state index contributed by atoms with van der Waals surface area (Å²) in [5, 5.41) is 3.73. The standard InChI is InChI=1S/C8H12N2O.C3H8.C2H6.Rb/c1-5-6(2)9-8(11)10(4)7(5)3;1-3-2;1-2;/h2H2,1,3-4H3,(H,9,11);3H2,1-2H3;1-2H3;/q;;;+1/p-1. The third-order valence-corrected chi connectivity index (χ3v) is 2.00. The maximum absolute atomic E-state index is 11.0. The van der Waals surface area contributed by atoms with Crippen LogP contribution in [0.25, 0.3) is 5.32 Å². The van der Waals surface area contributed by atoms with E-state index in [1.807, 2.05) is 27.7 Å². The minimum Gasteiger partial charge on any atom is -0.417 e. The molecule has 0 aromatic heterocycles. The fourth-order valence-corrected chi connectivity index (χ4v) is 0.878. The van der Waals surface area contributed by atoms with Crippen LogP contribution in [0.3, 0.4) is 0 Å². The zero-order chi connectivity index (χ0) is 13.3. The Hall–Kier alpha value is 0.555. The molecule has 2 amide bonds. The van der Waals surface area contributed by atoms with Crippen molar-refractivity contribution < 1.29 is 63.0 Å². The molecule has 1 aliphatic heterocycles. The summed E-state index contributed by atoms with van der Waals surface area (Å²) in [5.41, 5.74) is 2.48. The number of allylic oxidation sites excluding steroid dienone is 2. The molecule has 0 unspecified atom stereocenters. The predicted molar refractivity (Wildman–Crippen MR) is 71.3 cm³/mol. The average molecular weight is 311 g/mol. The number of carbonyl (C=O) groups excluding carboxylic acids is 1. The van der Waals surface area contributed by atoms with Crippen LogP contribution in [0, 0.1) is 0 Å². The topological polar surface area (TPSA) is 34.4 Å². The molecule has 1 rings (SSSR count). The summed E-state index contributed by atoms with van der Waals surface area (Å²) >= 11 is 0. The van der Waals surface area contributed by atoms with Crippen molar-refractivity contribution in [1.29, 1.82) is 0 Å². The van der Waals surface area contributed by atoms with Gasteiger partial charge in [-0.2, -0.15) is 0 Å². The van der Waals surface area contributed by atoms with Crippen LogP contribution in [-0.4, -0.2) is 18.0 Å². The smallest absolute Gasteiger partial charge is 0.417 e. The molecule has 0 aliphatic carbocycles. The van der Waals surface area contributed by atoms with Gasteiger partial charge in [0.15, 0.2) is 6.03 Å². The van der Waals surface area contributed by atoms with Crippen LogP contribution in [0.15, 0.2) is 23.5 Å². The van der Waals surface area contributed by atoms with Crippen molar-refractivity contribution >= 4 is 6.03 Å². The molecule has 3 nitrogen and oxygen atoms in total. The molecule has 0 aromatic rings. The van der Waals surface area contributed by atoms with E-state index in [4.69, 9.17) is 0 Å². The van der Waals surface area contributed by atoms with E-state index < -0.39 is 0 Å². The molecule has 0 aromatic carbocycles. The molecule has 94 valence electrons. The van der Waals surface area contributed by atoms with Gasteiger partial charge in [-0.1, -0.05) is 53.4 Å². The van der Waals surface area contributed by atoms with Crippen LogP contribution in [0.2, 0.25) is 0 Å². The van der Waals surface area contributed by atoms with Crippen molar-refractivity contribution in [3.05, 3.63) is 28.9 Å². The van der Waals surface area contributed by atoms with E-state index >= 15 is 0 Å². The van der Waals surface area contributed by atoms with Crippen LogP contribution >= 0.6 is 0 Å². The van der Waals surface area contributed by atoms with Crippen LogP contribution in [0.4, 0.5) is 4.79 Å². The fourth-order valence-electron chi connectivity index (χ4n) is 0.878. The molecule has 4 heteroatoms. The van der Waals surface area contributed by atoms with Gasteiger partial charge in [-0.05, 0) is 25.1 Å². The van der Waals surface area contributed by atoms with Crippen molar-refractivity contribution in [2.75, 3.05) is 7.05 Å². The van der Waals surface area contributed by atoms with Gasteiger partial charge in [0.1, 0.15) is 0 Å². The van der Waals surface area contributed by atoms with Crippen molar-refractivity contribution in [2.45, 2.75) is 48.0 Å².